The number of anilines is 1. The Morgan fingerprint density at radius 3 is 2.08 bits per heavy atom. The summed E-state index contributed by atoms with van der Waals surface area (Å²) in [6.07, 6.45) is 1.47. The molecule has 2 bridgehead atoms. The van der Waals surface area contributed by atoms with Crippen LogP contribution in [-0.2, 0) is 13.2 Å². The molecule has 4 aromatic carbocycles. The summed E-state index contributed by atoms with van der Waals surface area (Å²) in [5.41, 5.74) is 3.04. The van der Waals surface area contributed by atoms with Crippen molar-refractivity contribution in [3.8, 4) is 17.2 Å². The van der Waals surface area contributed by atoms with Crippen LogP contribution < -0.4 is 32.2 Å². The molecular formula is C39H39ClF2N4O4. The van der Waals surface area contributed by atoms with Crippen molar-refractivity contribution in [3.05, 3.63) is 130 Å². The minimum absolute atomic E-state index is 0. The first kappa shape index (κ1) is 35.1. The minimum atomic E-state index is -0.817. The highest BCUT2D eigenvalue weighted by Crippen LogP contribution is 2.27. The molecule has 3 aliphatic rings. The third kappa shape index (κ3) is 7.10. The van der Waals surface area contributed by atoms with Crippen LogP contribution in [0.2, 0.25) is 0 Å². The van der Waals surface area contributed by atoms with Crippen molar-refractivity contribution in [1.82, 2.24) is 9.47 Å². The largest absolute Gasteiger partial charge is 1.00 e. The van der Waals surface area contributed by atoms with Crippen LogP contribution in [0.3, 0.4) is 0 Å². The summed E-state index contributed by atoms with van der Waals surface area (Å²) < 4.78 is 42.6. The summed E-state index contributed by atoms with van der Waals surface area (Å²) in [6, 6.07) is 24.0. The van der Waals surface area contributed by atoms with E-state index in [2.05, 4.69) is 29.2 Å². The average molecular weight is 701 g/mol. The molecule has 8 nitrogen and oxygen atoms in total. The molecule has 0 spiro atoms. The minimum Gasteiger partial charge on any atom is -1.00 e. The molecule has 0 radical (unpaired) electrons. The smallest absolute Gasteiger partial charge is 0.263 e. The van der Waals surface area contributed by atoms with Crippen LogP contribution >= 0.6 is 0 Å². The fourth-order valence-corrected chi connectivity index (χ4v) is 7.05. The lowest BCUT2D eigenvalue weighted by Crippen LogP contribution is -3.00. The molecule has 5 aromatic rings. The van der Waals surface area contributed by atoms with Crippen LogP contribution in [0.25, 0.3) is 16.6 Å². The van der Waals surface area contributed by atoms with E-state index in [0.717, 1.165) is 30.3 Å². The zero-order valence-corrected chi connectivity index (χ0v) is 28.8. The van der Waals surface area contributed by atoms with Crippen molar-refractivity contribution >= 4 is 22.5 Å². The Kier molecular flexibility index (Phi) is 10.2. The maximum Gasteiger partial charge on any atom is 0.263 e. The van der Waals surface area contributed by atoms with Gasteiger partial charge in [-0.05, 0) is 61.0 Å². The lowest BCUT2D eigenvalue weighted by molar-refractivity contribution is -0.953. The van der Waals surface area contributed by atoms with Gasteiger partial charge in [-0.3, -0.25) is 14.5 Å². The highest BCUT2D eigenvalue weighted by molar-refractivity contribution is 6.07. The van der Waals surface area contributed by atoms with Crippen molar-refractivity contribution in [2.24, 2.45) is 0 Å². The maximum absolute atomic E-state index is 14.1. The molecule has 3 aliphatic heterocycles. The zero-order valence-electron chi connectivity index (χ0n) is 28.1. The Balaban J connectivity index is 0.00000432. The standard InChI is InChI=1S/C39H39F2N4O4.ClH/c1-3-43(32-21-29(40)20-30(41)22-32)39(47)36-24-44(37-23-34(48-2)12-13-35(37)38(36)46)31-8-10-33(11-9-31)49-26-28-6-4-27(5-7-28)25-45-17-14-42(15-18-45)16-19-45;/h4-13,20-24H,3,14-19,25-26H2,1-2H3;1H/q+1;/p-1. The highest BCUT2D eigenvalue weighted by Gasteiger charge is 2.38. The van der Waals surface area contributed by atoms with Gasteiger partial charge >= 0.3 is 0 Å². The molecule has 0 unspecified atom stereocenters. The highest BCUT2D eigenvalue weighted by atomic mass is 35.5. The van der Waals surface area contributed by atoms with Gasteiger partial charge in [-0.1, -0.05) is 24.3 Å². The van der Waals surface area contributed by atoms with Gasteiger partial charge < -0.3 is 35.8 Å². The predicted molar refractivity (Wildman–Crippen MR) is 186 cm³/mol. The number of amides is 1. The average Bonchev–Trinajstić information content (AvgIpc) is 3.12. The molecule has 0 N–H and O–H groups in total. The normalized spacial score (nSPS) is 18.0. The molecule has 11 heteroatoms. The number of carbonyl (C=O) groups excluding carboxylic acids is 1. The van der Waals surface area contributed by atoms with E-state index >= 15 is 0 Å². The SMILES string of the molecule is CCN(C(=O)c1cn(-c2ccc(OCc3ccc(C[N+]45CCN(CC4)CC5)cc3)cc2)c2cc(OC)ccc2c1=O)c1cc(F)cc(F)c1.[Cl-]. The summed E-state index contributed by atoms with van der Waals surface area (Å²) in [6.45, 7) is 10.6. The van der Waals surface area contributed by atoms with Gasteiger partial charge in [0.25, 0.3) is 5.91 Å². The third-order valence-corrected chi connectivity index (χ3v) is 9.90. The van der Waals surface area contributed by atoms with Gasteiger partial charge in [-0.25, -0.2) is 8.78 Å². The fraction of sp³-hybridized carbons (Fsp3) is 0.282. The van der Waals surface area contributed by atoms with Gasteiger partial charge in [0.05, 0.1) is 32.3 Å². The number of fused-ring (bicyclic) bond motifs is 4. The van der Waals surface area contributed by atoms with Crippen molar-refractivity contribution in [3.63, 3.8) is 0 Å². The second-order valence-electron chi connectivity index (χ2n) is 12.9. The molecule has 3 fully saturated rings. The molecule has 1 aromatic heterocycles. The van der Waals surface area contributed by atoms with Crippen molar-refractivity contribution < 1.29 is 39.9 Å². The first-order valence-electron chi connectivity index (χ1n) is 16.6. The van der Waals surface area contributed by atoms with Crippen molar-refractivity contribution in [2.75, 3.05) is 57.8 Å². The van der Waals surface area contributed by atoms with Crippen LogP contribution in [0.4, 0.5) is 14.5 Å². The van der Waals surface area contributed by atoms with Crippen LogP contribution in [0.5, 0.6) is 11.5 Å². The molecule has 0 saturated carbocycles. The van der Waals surface area contributed by atoms with Crippen LogP contribution in [0.15, 0.2) is 95.9 Å². The number of piperazine rings is 3. The lowest BCUT2D eigenvalue weighted by Gasteiger charge is -2.50. The summed E-state index contributed by atoms with van der Waals surface area (Å²) in [4.78, 5) is 31.3. The third-order valence-electron chi connectivity index (χ3n) is 9.90. The molecule has 8 rings (SSSR count). The molecule has 0 aliphatic carbocycles. The van der Waals surface area contributed by atoms with E-state index in [1.807, 2.05) is 24.3 Å². The topological polar surface area (TPSA) is 64.0 Å². The number of pyridine rings is 1. The summed E-state index contributed by atoms with van der Waals surface area (Å²) >= 11 is 0. The molecule has 4 heterocycles. The molecule has 0 atom stereocenters. The van der Waals surface area contributed by atoms with E-state index in [-0.39, 0.29) is 30.2 Å². The number of nitrogens with zero attached hydrogens (tertiary/aromatic N) is 4. The first-order valence-corrected chi connectivity index (χ1v) is 16.6. The second kappa shape index (κ2) is 14.6. The number of halogens is 3. The lowest BCUT2D eigenvalue weighted by atomic mass is 10.1. The van der Waals surface area contributed by atoms with E-state index < -0.39 is 23.0 Å². The Bertz CT molecular complexity index is 2030. The number of rotatable bonds is 10. The molecule has 260 valence electrons. The Morgan fingerprint density at radius 2 is 1.46 bits per heavy atom. The predicted octanol–water partition coefficient (Wildman–Crippen LogP) is 3.17. The molecule has 1 amide bonds. The quantitative estimate of drug-likeness (QED) is 0.210. The molecular weight excluding hydrogens is 662 g/mol. The van der Waals surface area contributed by atoms with E-state index in [4.69, 9.17) is 9.47 Å². The number of carbonyl (C=O) groups is 1. The van der Waals surface area contributed by atoms with Crippen molar-refractivity contribution in [1.29, 1.82) is 0 Å². The van der Waals surface area contributed by atoms with E-state index in [1.165, 1.54) is 67.5 Å². The fourth-order valence-electron chi connectivity index (χ4n) is 7.05. The Morgan fingerprint density at radius 1 is 0.840 bits per heavy atom. The van der Waals surface area contributed by atoms with E-state index in [0.29, 0.717) is 34.7 Å². The van der Waals surface area contributed by atoms with Crippen LogP contribution in [0, 0.1) is 11.6 Å². The number of benzene rings is 4. The first-order chi connectivity index (χ1) is 23.7. The number of hydrogen-bond donors (Lipinski definition) is 0. The summed E-state index contributed by atoms with van der Waals surface area (Å²) in [7, 11) is 1.54. The monoisotopic (exact) mass is 700 g/mol. The Labute approximate surface area is 296 Å². The van der Waals surface area contributed by atoms with Crippen molar-refractivity contribution in [2.45, 2.75) is 20.1 Å². The van der Waals surface area contributed by atoms with Gasteiger partial charge in [0.15, 0.2) is 0 Å². The van der Waals surface area contributed by atoms with E-state index in [9.17, 15) is 18.4 Å². The molecule has 3 saturated heterocycles. The zero-order chi connectivity index (χ0) is 34.1. The summed E-state index contributed by atoms with van der Waals surface area (Å²) in [5, 5.41) is 0.296. The number of ether oxygens (including phenoxy) is 2. The summed E-state index contributed by atoms with van der Waals surface area (Å²) in [5.74, 6) is -1.09. The Hall–Kier alpha value is -4.77. The molecule has 50 heavy (non-hydrogen) atoms. The van der Waals surface area contributed by atoms with Gasteiger partial charge in [0, 0.05) is 66.8 Å². The van der Waals surface area contributed by atoms with Crippen LogP contribution in [-0.4, -0.2) is 72.8 Å². The van der Waals surface area contributed by atoms with E-state index in [1.54, 1.807) is 29.7 Å². The van der Waals surface area contributed by atoms with Gasteiger partial charge in [-0.2, -0.15) is 0 Å². The van der Waals surface area contributed by atoms with Gasteiger partial charge in [0.1, 0.15) is 41.8 Å². The number of methoxy groups -OCH3 is 1. The number of aromatic nitrogens is 1. The van der Waals surface area contributed by atoms with Gasteiger partial charge in [-0.15, -0.1) is 0 Å². The second-order valence-corrected chi connectivity index (χ2v) is 12.9. The van der Waals surface area contributed by atoms with Gasteiger partial charge in [0.2, 0.25) is 5.43 Å². The number of quaternary nitrogens is 1. The number of hydrogen-bond acceptors (Lipinski definition) is 5. The maximum atomic E-state index is 14.1. The van der Waals surface area contributed by atoms with Crippen LogP contribution in [0.1, 0.15) is 28.4 Å².